The van der Waals surface area contributed by atoms with Crippen molar-refractivity contribution >= 4 is 5.91 Å². The highest BCUT2D eigenvalue weighted by Gasteiger charge is 2.33. The molecule has 2 nitrogen and oxygen atoms in total. The Hall–Kier alpha value is -0.530. The summed E-state index contributed by atoms with van der Waals surface area (Å²) in [4.78, 5) is 14.3. The van der Waals surface area contributed by atoms with Crippen molar-refractivity contribution < 1.29 is 4.79 Å². The van der Waals surface area contributed by atoms with Gasteiger partial charge in [0.15, 0.2) is 0 Å². The van der Waals surface area contributed by atoms with E-state index in [1.807, 2.05) is 14.1 Å². The van der Waals surface area contributed by atoms with Crippen LogP contribution in [0, 0.1) is 5.41 Å². The largest absolute Gasteiger partial charge is 0.348 e. The SMILES string of the molecule is CCCCCCCC(C)(CCCCCC)C(=O)N(C)C. The van der Waals surface area contributed by atoms with E-state index in [0.717, 1.165) is 12.8 Å². The molecule has 0 bridgehead atoms. The minimum atomic E-state index is -0.135. The topological polar surface area (TPSA) is 20.3 Å². The summed E-state index contributed by atoms with van der Waals surface area (Å²) in [5.41, 5.74) is -0.135. The first-order valence-electron chi connectivity index (χ1n) is 8.69. The highest BCUT2D eigenvalue weighted by molar-refractivity contribution is 5.81. The Morgan fingerprint density at radius 1 is 0.800 bits per heavy atom. The van der Waals surface area contributed by atoms with Gasteiger partial charge >= 0.3 is 0 Å². The average molecular weight is 283 g/mol. The van der Waals surface area contributed by atoms with Crippen LogP contribution in [0.1, 0.15) is 91.4 Å². The van der Waals surface area contributed by atoms with Gasteiger partial charge in [-0.3, -0.25) is 4.79 Å². The van der Waals surface area contributed by atoms with E-state index >= 15 is 0 Å². The molecular weight excluding hydrogens is 246 g/mol. The van der Waals surface area contributed by atoms with Crippen LogP contribution in [-0.2, 0) is 4.79 Å². The molecule has 120 valence electrons. The molecule has 0 N–H and O–H groups in total. The first kappa shape index (κ1) is 19.5. The highest BCUT2D eigenvalue weighted by atomic mass is 16.2. The Bertz CT molecular complexity index is 250. The number of nitrogens with zero attached hydrogens (tertiary/aromatic N) is 1. The lowest BCUT2D eigenvalue weighted by atomic mass is 9.78. The second-order valence-electron chi connectivity index (χ2n) is 6.74. The van der Waals surface area contributed by atoms with E-state index in [0.29, 0.717) is 5.91 Å². The van der Waals surface area contributed by atoms with E-state index < -0.39 is 0 Å². The smallest absolute Gasteiger partial charge is 0.227 e. The van der Waals surface area contributed by atoms with Gasteiger partial charge in [-0.1, -0.05) is 78.6 Å². The summed E-state index contributed by atoms with van der Waals surface area (Å²) < 4.78 is 0. The standard InChI is InChI=1S/C18H37NO/c1-6-8-10-12-14-16-18(3,17(20)19(4)5)15-13-11-9-7-2/h6-16H2,1-5H3. The molecular formula is C18H37NO. The van der Waals surface area contributed by atoms with Gasteiger partial charge < -0.3 is 4.90 Å². The van der Waals surface area contributed by atoms with E-state index in [1.165, 1.54) is 57.8 Å². The normalized spacial score (nSPS) is 14.1. The fraction of sp³-hybridized carbons (Fsp3) is 0.944. The summed E-state index contributed by atoms with van der Waals surface area (Å²) in [5.74, 6) is 0.324. The summed E-state index contributed by atoms with van der Waals surface area (Å²) in [7, 11) is 3.79. The molecule has 0 aromatic rings. The van der Waals surface area contributed by atoms with Gasteiger partial charge in [0.25, 0.3) is 0 Å². The van der Waals surface area contributed by atoms with Crippen molar-refractivity contribution in [3.05, 3.63) is 0 Å². The zero-order chi connectivity index (χ0) is 15.4. The molecule has 0 aromatic heterocycles. The van der Waals surface area contributed by atoms with Crippen molar-refractivity contribution in [2.75, 3.05) is 14.1 Å². The summed E-state index contributed by atoms with van der Waals surface area (Å²) >= 11 is 0. The number of unbranched alkanes of at least 4 members (excludes halogenated alkanes) is 7. The number of carbonyl (C=O) groups is 1. The van der Waals surface area contributed by atoms with Crippen LogP contribution in [0.4, 0.5) is 0 Å². The van der Waals surface area contributed by atoms with Crippen LogP contribution in [0.15, 0.2) is 0 Å². The van der Waals surface area contributed by atoms with Crippen LogP contribution in [-0.4, -0.2) is 24.9 Å². The van der Waals surface area contributed by atoms with Crippen LogP contribution in [0.3, 0.4) is 0 Å². The molecule has 2 heteroatoms. The third kappa shape index (κ3) is 7.91. The summed E-state index contributed by atoms with van der Waals surface area (Å²) in [5, 5.41) is 0. The van der Waals surface area contributed by atoms with Crippen LogP contribution in [0.25, 0.3) is 0 Å². The molecule has 1 atom stereocenters. The molecule has 0 saturated heterocycles. The molecule has 0 spiro atoms. The van der Waals surface area contributed by atoms with E-state index in [4.69, 9.17) is 0 Å². The molecule has 1 amide bonds. The van der Waals surface area contributed by atoms with Crippen molar-refractivity contribution in [2.24, 2.45) is 5.41 Å². The number of rotatable bonds is 12. The second kappa shape index (κ2) is 11.2. The Morgan fingerprint density at radius 3 is 1.60 bits per heavy atom. The van der Waals surface area contributed by atoms with Gasteiger partial charge in [0.05, 0.1) is 0 Å². The zero-order valence-corrected chi connectivity index (χ0v) is 14.6. The second-order valence-corrected chi connectivity index (χ2v) is 6.74. The Kier molecular flexibility index (Phi) is 10.9. The Morgan fingerprint density at radius 2 is 1.20 bits per heavy atom. The maximum Gasteiger partial charge on any atom is 0.227 e. The van der Waals surface area contributed by atoms with E-state index in [9.17, 15) is 4.79 Å². The maximum absolute atomic E-state index is 12.5. The minimum absolute atomic E-state index is 0.135. The van der Waals surface area contributed by atoms with Crippen molar-refractivity contribution in [3.63, 3.8) is 0 Å². The van der Waals surface area contributed by atoms with Gasteiger partial charge in [0.2, 0.25) is 5.91 Å². The zero-order valence-electron chi connectivity index (χ0n) is 14.6. The quantitative estimate of drug-likeness (QED) is 0.438. The maximum atomic E-state index is 12.5. The first-order chi connectivity index (χ1) is 9.48. The third-order valence-corrected chi connectivity index (χ3v) is 4.34. The summed E-state index contributed by atoms with van der Waals surface area (Å²) in [6.45, 7) is 6.66. The molecule has 20 heavy (non-hydrogen) atoms. The first-order valence-corrected chi connectivity index (χ1v) is 8.69. The van der Waals surface area contributed by atoms with Crippen LogP contribution in [0.5, 0.6) is 0 Å². The Labute approximate surface area is 127 Å². The van der Waals surface area contributed by atoms with Crippen molar-refractivity contribution in [1.82, 2.24) is 4.90 Å². The molecule has 0 aliphatic carbocycles. The van der Waals surface area contributed by atoms with Gasteiger partial charge in [-0.25, -0.2) is 0 Å². The highest BCUT2D eigenvalue weighted by Crippen LogP contribution is 2.33. The Balaban J connectivity index is 4.27. The average Bonchev–Trinajstić information content (AvgIpc) is 2.42. The summed E-state index contributed by atoms with van der Waals surface area (Å²) in [6, 6.07) is 0. The minimum Gasteiger partial charge on any atom is -0.348 e. The lowest BCUT2D eigenvalue weighted by molar-refractivity contribution is -0.139. The molecule has 0 heterocycles. The van der Waals surface area contributed by atoms with Gasteiger partial charge in [-0.05, 0) is 12.8 Å². The predicted molar refractivity (Wildman–Crippen MR) is 88.9 cm³/mol. The van der Waals surface area contributed by atoms with Gasteiger partial charge in [0.1, 0.15) is 0 Å². The van der Waals surface area contributed by atoms with Crippen molar-refractivity contribution in [1.29, 1.82) is 0 Å². The molecule has 0 saturated carbocycles. The van der Waals surface area contributed by atoms with Crippen LogP contribution in [0.2, 0.25) is 0 Å². The number of amides is 1. The van der Waals surface area contributed by atoms with Gasteiger partial charge in [-0.2, -0.15) is 0 Å². The molecule has 0 aromatic carbocycles. The predicted octanol–water partition coefficient (Wildman–Crippen LogP) is 5.41. The summed E-state index contributed by atoms with van der Waals surface area (Å²) in [6.07, 6.45) is 13.5. The van der Waals surface area contributed by atoms with E-state index in [2.05, 4.69) is 20.8 Å². The van der Waals surface area contributed by atoms with Gasteiger partial charge in [0, 0.05) is 19.5 Å². The fourth-order valence-electron chi connectivity index (χ4n) is 2.94. The lowest BCUT2D eigenvalue weighted by Crippen LogP contribution is -2.38. The van der Waals surface area contributed by atoms with E-state index in [-0.39, 0.29) is 5.41 Å². The number of hydrogen-bond acceptors (Lipinski definition) is 1. The van der Waals surface area contributed by atoms with Crippen LogP contribution >= 0.6 is 0 Å². The molecule has 0 rings (SSSR count). The van der Waals surface area contributed by atoms with E-state index in [1.54, 1.807) is 4.90 Å². The number of carbonyl (C=O) groups excluding carboxylic acids is 1. The molecule has 0 aliphatic heterocycles. The van der Waals surface area contributed by atoms with Crippen molar-refractivity contribution in [3.8, 4) is 0 Å². The molecule has 0 radical (unpaired) electrons. The monoisotopic (exact) mass is 283 g/mol. The van der Waals surface area contributed by atoms with Gasteiger partial charge in [-0.15, -0.1) is 0 Å². The molecule has 0 aliphatic rings. The van der Waals surface area contributed by atoms with Crippen LogP contribution < -0.4 is 0 Å². The third-order valence-electron chi connectivity index (χ3n) is 4.34. The van der Waals surface area contributed by atoms with Crippen molar-refractivity contribution in [2.45, 2.75) is 91.4 Å². The number of hydrogen-bond donors (Lipinski definition) is 0. The molecule has 0 fully saturated rings. The molecule has 1 unspecified atom stereocenters. The lowest BCUT2D eigenvalue weighted by Gasteiger charge is -2.31. The fourth-order valence-corrected chi connectivity index (χ4v) is 2.94.